The molecule has 2 aromatic rings. The molecule has 5 nitrogen and oxygen atoms in total. The summed E-state index contributed by atoms with van der Waals surface area (Å²) in [5.74, 6) is 0.598. The van der Waals surface area contributed by atoms with Crippen molar-refractivity contribution in [2.24, 2.45) is 10.4 Å². The zero-order valence-electron chi connectivity index (χ0n) is 15.9. The average Bonchev–Trinajstić information content (AvgIpc) is 2.88. The first-order valence-electron chi connectivity index (χ1n) is 8.18. The van der Waals surface area contributed by atoms with Gasteiger partial charge in [0.2, 0.25) is 5.06 Å². The van der Waals surface area contributed by atoms with Gasteiger partial charge in [0.25, 0.3) is 0 Å². The number of aliphatic imine (C=N–C) groups is 1. The van der Waals surface area contributed by atoms with E-state index < -0.39 is 0 Å². The third kappa shape index (κ3) is 5.20. The monoisotopic (exact) mass is 390 g/mol. The fraction of sp³-hybridized carbons (Fsp3) is 0.421. The van der Waals surface area contributed by atoms with E-state index in [0.717, 1.165) is 11.3 Å². The quantitative estimate of drug-likeness (QED) is 0.494. The van der Waals surface area contributed by atoms with Gasteiger partial charge in [0.1, 0.15) is 17.4 Å². The van der Waals surface area contributed by atoms with E-state index in [9.17, 15) is 5.26 Å². The Morgan fingerprint density at radius 3 is 2.65 bits per heavy atom. The number of hydrogen-bond acceptors (Lipinski definition) is 5. The number of aromatic nitrogens is 1. The molecule has 0 aliphatic rings. The molecule has 26 heavy (non-hydrogen) atoms. The molecule has 0 amide bonds. The zero-order valence-corrected chi connectivity index (χ0v) is 17.5. The van der Waals surface area contributed by atoms with Gasteiger partial charge in [-0.25, -0.2) is 4.99 Å². The van der Waals surface area contributed by atoms with E-state index in [0.29, 0.717) is 33.5 Å². The van der Waals surface area contributed by atoms with Crippen molar-refractivity contribution in [2.45, 2.75) is 34.1 Å². The number of nitrogens with zero attached hydrogens (tertiary/aromatic N) is 4. The first kappa shape index (κ1) is 20.2. The van der Waals surface area contributed by atoms with Gasteiger partial charge in [-0.05, 0) is 30.4 Å². The van der Waals surface area contributed by atoms with E-state index in [2.05, 4.69) is 36.2 Å². The lowest BCUT2D eigenvalue weighted by molar-refractivity contribution is 0.406. The normalized spacial score (nSPS) is 11.6. The third-order valence-corrected chi connectivity index (χ3v) is 4.48. The van der Waals surface area contributed by atoms with Crippen LogP contribution in [0.2, 0.25) is 5.02 Å². The van der Waals surface area contributed by atoms with Crippen LogP contribution in [0.3, 0.4) is 0 Å². The number of benzene rings is 1. The molecular formula is C19H23ClN4OS. The minimum Gasteiger partial charge on any atom is -0.443 e. The van der Waals surface area contributed by atoms with Crippen LogP contribution < -0.4 is 4.74 Å². The molecule has 0 aliphatic carbocycles. The summed E-state index contributed by atoms with van der Waals surface area (Å²) in [4.78, 5) is 6.18. The van der Waals surface area contributed by atoms with Crippen molar-refractivity contribution in [2.75, 3.05) is 14.1 Å². The molecule has 0 atom stereocenters. The minimum atomic E-state index is 0.0439. The van der Waals surface area contributed by atoms with Crippen LogP contribution in [0.25, 0.3) is 0 Å². The van der Waals surface area contributed by atoms with Crippen molar-refractivity contribution in [1.29, 1.82) is 5.26 Å². The molecule has 1 heterocycles. The maximum absolute atomic E-state index is 9.54. The highest BCUT2D eigenvalue weighted by atomic mass is 35.5. The molecular weight excluding hydrogens is 368 g/mol. The van der Waals surface area contributed by atoms with Crippen LogP contribution in [-0.2, 0) is 6.42 Å². The Hall–Kier alpha value is -2.10. The summed E-state index contributed by atoms with van der Waals surface area (Å²) >= 11 is 7.52. The molecule has 0 N–H and O–H groups in total. The Kier molecular flexibility index (Phi) is 6.27. The Morgan fingerprint density at radius 1 is 1.38 bits per heavy atom. The van der Waals surface area contributed by atoms with Crippen LogP contribution in [-0.4, -0.2) is 29.7 Å². The first-order chi connectivity index (χ1) is 12.1. The Labute approximate surface area is 164 Å². The van der Waals surface area contributed by atoms with Crippen molar-refractivity contribution >= 4 is 35.2 Å². The van der Waals surface area contributed by atoms with Gasteiger partial charge in [-0.15, -0.1) is 0 Å². The van der Waals surface area contributed by atoms with E-state index in [1.165, 1.54) is 11.5 Å². The smallest absolute Gasteiger partial charge is 0.218 e. The summed E-state index contributed by atoms with van der Waals surface area (Å²) in [6, 6.07) is 5.81. The Morgan fingerprint density at radius 2 is 2.08 bits per heavy atom. The molecule has 0 saturated carbocycles. The van der Waals surface area contributed by atoms with Crippen LogP contribution in [0.15, 0.2) is 17.1 Å². The van der Waals surface area contributed by atoms with Crippen LogP contribution in [0, 0.1) is 23.7 Å². The number of aryl methyl sites for hydroxylation is 1. The van der Waals surface area contributed by atoms with E-state index in [1.54, 1.807) is 12.4 Å². The van der Waals surface area contributed by atoms with Crippen molar-refractivity contribution in [3.05, 3.63) is 34.0 Å². The van der Waals surface area contributed by atoms with E-state index in [4.69, 9.17) is 16.3 Å². The molecule has 7 heteroatoms. The first-order valence-corrected chi connectivity index (χ1v) is 9.33. The van der Waals surface area contributed by atoms with Gasteiger partial charge >= 0.3 is 0 Å². The van der Waals surface area contributed by atoms with Crippen molar-refractivity contribution in [3.8, 4) is 16.9 Å². The van der Waals surface area contributed by atoms with E-state index in [-0.39, 0.29) is 5.41 Å². The van der Waals surface area contributed by atoms with Crippen LogP contribution >= 0.6 is 23.1 Å². The molecule has 0 saturated heterocycles. The topological polar surface area (TPSA) is 61.5 Å². The zero-order chi connectivity index (χ0) is 19.5. The maximum Gasteiger partial charge on any atom is 0.218 e. The minimum absolute atomic E-state index is 0.0439. The summed E-state index contributed by atoms with van der Waals surface area (Å²) in [6.07, 6.45) is 2.41. The van der Waals surface area contributed by atoms with Gasteiger partial charge in [0.15, 0.2) is 0 Å². The van der Waals surface area contributed by atoms with Gasteiger partial charge in [0, 0.05) is 31.7 Å². The molecule has 138 valence electrons. The highest BCUT2D eigenvalue weighted by molar-refractivity contribution is 7.08. The second-order valence-corrected chi connectivity index (χ2v) is 8.66. The highest BCUT2D eigenvalue weighted by Crippen LogP contribution is 2.38. The lowest BCUT2D eigenvalue weighted by Crippen LogP contribution is -2.10. The number of rotatable bonds is 5. The van der Waals surface area contributed by atoms with Gasteiger partial charge in [-0.2, -0.15) is 9.64 Å². The van der Waals surface area contributed by atoms with Crippen molar-refractivity contribution in [3.63, 3.8) is 0 Å². The summed E-state index contributed by atoms with van der Waals surface area (Å²) in [6.45, 7) is 8.27. The van der Waals surface area contributed by atoms with Gasteiger partial charge in [-0.3, -0.25) is 0 Å². The van der Waals surface area contributed by atoms with Gasteiger partial charge in [0.05, 0.1) is 22.7 Å². The maximum atomic E-state index is 9.54. The molecule has 0 bridgehead atoms. The number of ether oxygens (including phenoxy) is 1. The lowest BCUT2D eigenvalue weighted by Gasteiger charge is -2.16. The van der Waals surface area contributed by atoms with E-state index >= 15 is 0 Å². The Bertz CT molecular complexity index is 860. The van der Waals surface area contributed by atoms with Gasteiger partial charge < -0.3 is 9.64 Å². The molecule has 0 fully saturated rings. The van der Waals surface area contributed by atoms with Gasteiger partial charge in [-0.1, -0.05) is 32.4 Å². The molecule has 0 radical (unpaired) electrons. The predicted molar refractivity (Wildman–Crippen MR) is 108 cm³/mol. The van der Waals surface area contributed by atoms with Crippen LogP contribution in [0.5, 0.6) is 10.8 Å². The summed E-state index contributed by atoms with van der Waals surface area (Å²) in [5, 5.41) is 10.5. The fourth-order valence-corrected chi connectivity index (χ4v) is 3.18. The molecule has 2 rings (SSSR count). The van der Waals surface area contributed by atoms with Crippen LogP contribution in [0.4, 0.5) is 5.69 Å². The summed E-state index contributed by atoms with van der Waals surface area (Å²) in [7, 11) is 3.79. The van der Waals surface area contributed by atoms with E-state index in [1.807, 2.05) is 32.0 Å². The third-order valence-electron chi connectivity index (χ3n) is 3.42. The van der Waals surface area contributed by atoms with Crippen molar-refractivity contribution in [1.82, 2.24) is 9.27 Å². The summed E-state index contributed by atoms with van der Waals surface area (Å²) in [5.41, 5.74) is 2.87. The number of hydrogen-bond donors (Lipinski definition) is 0. The van der Waals surface area contributed by atoms with Crippen molar-refractivity contribution < 1.29 is 4.74 Å². The molecule has 0 spiro atoms. The molecule has 0 aliphatic heterocycles. The largest absolute Gasteiger partial charge is 0.443 e. The lowest BCUT2D eigenvalue weighted by atomic mass is 9.89. The summed E-state index contributed by atoms with van der Waals surface area (Å²) < 4.78 is 10.4. The number of nitriles is 1. The average molecular weight is 391 g/mol. The predicted octanol–water partition coefficient (Wildman–Crippen LogP) is 5.58. The second-order valence-electron chi connectivity index (χ2n) is 7.52. The fourth-order valence-electron chi connectivity index (χ4n) is 2.24. The standard InChI is InChI=1S/C19H23ClN4OS/c1-12-7-15(22-11-24(5)6)14(20)8-17(12)25-18-13(10-21)16(23-26-18)9-19(2,3)4/h7-8,11H,9H2,1-6H3. The SMILES string of the molecule is Cc1cc(N=CN(C)C)c(Cl)cc1Oc1snc(CC(C)(C)C)c1C#N. The van der Waals surface area contributed by atoms with Crippen LogP contribution in [0.1, 0.15) is 37.6 Å². The number of halogens is 1. The molecule has 0 unspecified atom stereocenters. The Balaban J connectivity index is 2.32. The highest BCUT2D eigenvalue weighted by Gasteiger charge is 2.21. The molecule has 1 aromatic heterocycles. The second kappa shape index (κ2) is 8.07. The molecule has 1 aromatic carbocycles.